The second-order valence-corrected chi connectivity index (χ2v) is 10.2. The van der Waals surface area contributed by atoms with Gasteiger partial charge in [-0.15, -0.1) is 0 Å². The van der Waals surface area contributed by atoms with Gasteiger partial charge in [0.1, 0.15) is 11.9 Å². The first-order valence-electron chi connectivity index (χ1n) is 11.2. The van der Waals surface area contributed by atoms with Crippen LogP contribution in [0.25, 0.3) is 0 Å². The number of hydrogen-bond donors (Lipinski definition) is 1. The van der Waals surface area contributed by atoms with Crippen LogP contribution in [0.15, 0.2) is 28.4 Å². The van der Waals surface area contributed by atoms with E-state index < -0.39 is 23.1 Å². The minimum Gasteiger partial charge on any atom is -0.466 e. The van der Waals surface area contributed by atoms with E-state index in [1.165, 1.54) is 6.08 Å². The number of fused-ring (bicyclic) bond motifs is 1. The Morgan fingerprint density at radius 1 is 1.23 bits per heavy atom. The summed E-state index contributed by atoms with van der Waals surface area (Å²) in [5.74, 6) is -0.459. The number of furan rings is 1. The fraction of sp³-hybridized carbons (Fsp3) is 0.680. The molecule has 30 heavy (non-hydrogen) atoms. The largest absolute Gasteiger partial charge is 0.466 e. The van der Waals surface area contributed by atoms with Crippen molar-refractivity contribution in [1.82, 2.24) is 0 Å². The first-order valence-corrected chi connectivity index (χ1v) is 11.2. The van der Waals surface area contributed by atoms with E-state index in [-0.39, 0.29) is 35.4 Å². The molecule has 0 amide bonds. The molecule has 0 unspecified atom stereocenters. The quantitative estimate of drug-likeness (QED) is 0.733. The van der Waals surface area contributed by atoms with Crippen LogP contribution in [0.5, 0.6) is 0 Å². The first-order chi connectivity index (χ1) is 14.1. The van der Waals surface area contributed by atoms with Crippen LogP contribution in [0.3, 0.4) is 0 Å². The average molecular weight is 415 g/mol. The molecule has 1 aliphatic heterocycles. The van der Waals surface area contributed by atoms with Crippen molar-refractivity contribution in [2.45, 2.75) is 78.1 Å². The molecule has 4 rings (SSSR count). The number of allylic oxidation sites excluding steroid dienone is 1. The van der Waals surface area contributed by atoms with Crippen molar-refractivity contribution in [2.75, 3.05) is 0 Å². The molecule has 0 radical (unpaired) electrons. The van der Waals surface area contributed by atoms with Gasteiger partial charge in [-0.1, -0.05) is 26.3 Å². The van der Waals surface area contributed by atoms with Crippen LogP contribution < -0.4 is 0 Å². The Morgan fingerprint density at radius 2 is 1.93 bits per heavy atom. The Hall–Kier alpha value is -1.72. The van der Waals surface area contributed by atoms with Gasteiger partial charge in [-0.3, -0.25) is 9.59 Å². The zero-order valence-corrected chi connectivity index (χ0v) is 18.9. The lowest BCUT2D eigenvalue weighted by molar-refractivity contribution is -0.231. The lowest BCUT2D eigenvalue weighted by Gasteiger charge is -2.55. The first kappa shape index (κ1) is 21.5. The third-order valence-electron chi connectivity index (χ3n) is 8.15. The second kappa shape index (κ2) is 7.16. The number of ketones is 2. The Kier molecular flexibility index (Phi) is 5.14. The summed E-state index contributed by atoms with van der Waals surface area (Å²) < 4.78 is 12.2. The summed E-state index contributed by atoms with van der Waals surface area (Å²) in [6.45, 7) is 11.6. The summed E-state index contributed by atoms with van der Waals surface area (Å²) in [6, 6.07) is 1.87. The van der Waals surface area contributed by atoms with Crippen molar-refractivity contribution in [3.05, 3.63) is 35.3 Å². The molecule has 164 valence electrons. The van der Waals surface area contributed by atoms with E-state index in [4.69, 9.17) is 9.15 Å². The van der Waals surface area contributed by atoms with Crippen molar-refractivity contribution in [3.8, 4) is 0 Å². The maximum absolute atomic E-state index is 14.1. The van der Waals surface area contributed by atoms with Gasteiger partial charge in [0.15, 0.2) is 22.8 Å². The van der Waals surface area contributed by atoms with Gasteiger partial charge in [-0.25, -0.2) is 0 Å². The number of Topliss-reactive ketones (excluding diaryl/α,β-unsaturated/α-hetero) is 1. The molecule has 2 saturated carbocycles. The molecule has 0 aromatic carbocycles. The monoisotopic (exact) mass is 414 g/mol. The highest BCUT2D eigenvalue weighted by molar-refractivity contribution is 6.07. The van der Waals surface area contributed by atoms with Crippen LogP contribution in [0, 0.1) is 36.5 Å². The van der Waals surface area contributed by atoms with Gasteiger partial charge >= 0.3 is 0 Å². The Labute approximate surface area is 178 Å². The maximum Gasteiger partial charge on any atom is 0.190 e. The molecule has 5 heteroatoms. The highest BCUT2D eigenvalue weighted by atomic mass is 16.5. The Balaban J connectivity index is 1.88. The molecule has 1 aromatic heterocycles. The standard InChI is InChI=1S/C25H34O5/c1-13(2)11-20(26)24(28)17(6)18-8-7-14(3)21(18)23(27)25(24)16(5)12-19(30-25)22-15(4)9-10-29-22/h9-11,14,16-19,21,28H,7-8,12H2,1-6H3/t14-,16-,17-,18-,19+,21+,24-,25+/m0/s1. The predicted octanol–water partition coefficient (Wildman–Crippen LogP) is 4.57. The van der Waals surface area contributed by atoms with Crippen LogP contribution >= 0.6 is 0 Å². The van der Waals surface area contributed by atoms with E-state index in [0.717, 1.165) is 24.0 Å². The van der Waals surface area contributed by atoms with E-state index in [2.05, 4.69) is 6.92 Å². The average Bonchev–Trinajstić information content (AvgIpc) is 3.35. The van der Waals surface area contributed by atoms with Gasteiger partial charge in [-0.2, -0.15) is 0 Å². The van der Waals surface area contributed by atoms with Crippen molar-refractivity contribution < 1.29 is 23.8 Å². The molecular formula is C25H34O5. The smallest absolute Gasteiger partial charge is 0.190 e. The van der Waals surface area contributed by atoms with Gasteiger partial charge in [0.05, 0.1) is 6.26 Å². The molecule has 1 saturated heterocycles. The molecule has 3 fully saturated rings. The Morgan fingerprint density at radius 3 is 2.53 bits per heavy atom. The highest BCUT2D eigenvalue weighted by Crippen LogP contribution is 2.61. The highest BCUT2D eigenvalue weighted by Gasteiger charge is 2.75. The van der Waals surface area contributed by atoms with Crippen LogP contribution in [0.1, 0.15) is 71.3 Å². The van der Waals surface area contributed by atoms with E-state index in [1.807, 2.05) is 40.7 Å². The molecule has 1 spiro atoms. The third-order valence-corrected chi connectivity index (χ3v) is 8.15. The molecule has 5 nitrogen and oxygen atoms in total. The molecule has 2 heterocycles. The molecule has 3 aliphatic rings. The topological polar surface area (TPSA) is 76.7 Å². The molecule has 1 N–H and O–H groups in total. The molecule has 0 bridgehead atoms. The van der Waals surface area contributed by atoms with Crippen molar-refractivity contribution in [1.29, 1.82) is 0 Å². The minimum atomic E-state index is -1.89. The molecule has 1 aromatic rings. The summed E-state index contributed by atoms with van der Waals surface area (Å²) in [7, 11) is 0. The number of hydrogen-bond acceptors (Lipinski definition) is 5. The summed E-state index contributed by atoms with van der Waals surface area (Å²) in [5.41, 5.74) is -1.69. The van der Waals surface area contributed by atoms with Crippen molar-refractivity contribution in [3.63, 3.8) is 0 Å². The number of carbonyl (C=O) groups excluding carboxylic acids is 2. The lowest BCUT2D eigenvalue weighted by Crippen LogP contribution is -2.74. The van der Waals surface area contributed by atoms with Crippen molar-refractivity contribution >= 4 is 11.6 Å². The molecule has 8 atom stereocenters. The van der Waals surface area contributed by atoms with Gasteiger partial charge in [0, 0.05) is 5.92 Å². The fourth-order valence-electron chi connectivity index (χ4n) is 6.63. The molecular weight excluding hydrogens is 380 g/mol. The number of rotatable bonds is 3. The fourth-order valence-corrected chi connectivity index (χ4v) is 6.63. The third kappa shape index (κ3) is 2.67. The zero-order valence-electron chi connectivity index (χ0n) is 18.9. The SMILES string of the molecule is CC(C)=CC(=O)[C@@]1(O)[C@@H](C)[C@@H]2CC[C@H](C)[C@H]2C(=O)[C@@]12O[C@@H](c1occc1C)C[C@@H]2C. The molecule has 2 aliphatic carbocycles. The van der Waals surface area contributed by atoms with Gasteiger partial charge in [0.25, 0.3) is 0 Å². The van der Waals surface area contributed by atoms with E-state index in [9.17, 15) is 14.7 Å². The lowest BCUT2D eigenvalue weighted by atomic mass is 9.52. The van der Waals surface area contributed by atoms with Crippen LogP contribution in [0.4, 0.5) is 0 Å². The van der Waals surface area contributed by atoms with E-state index >= 15 is 0 Å². The number of carbonyl (C=O) groups is 2. The number of aryl methyl sites for hydroxylation is 1. The van der Waals surface area contributed by atoms with Gasteiger partial charge < -0.3 is 14.3 Å². The number of ether oxygens (including phenoxy) is 1. The number of aliphatic hydroxyl groups is 1. The maximum atomic E-state index is 14.1. The summed E-state index contributed by atoms with van der Waals surface area (Å²) in [5, 5.41) is 12.2. The minimum absolute atomic E-state index is 0.00200. The van der Waals surface area contributed by atoms with E-state index in [0.29, 0.717) is 12.2 Å². The van der Waals surface area contributed by atoms with Crippen LogP contribution in [-0.2, 0) is 14.3 Å². The summed E-state index contributed by atoms with van der Waals surface area (Å²) in [6.07, 6.45) is 4.96. The van der Waals surface area contributed by atoms with E-state index in [1.54, 1.807) is 6.26 Å². The van der Waals surface area contributed by atoms with Gasteiger partial charge in [-0.05, 0) is 81.4 Å². The van der Waals surface area contributed by atoms with Crippen LogP contribution in [0.2, 0.25) is 0 Å². The zero-order chi connectivity index (χ0) is 22.0. The Bertz CT molecular complexity index is 893. The second-order valence-electron chi connectivity index (χ2n) is 10.2. The predicted molar refractivity (Wildman–Crippen MR) is 113 cm³/mol. The summed E-state index contributed by atoms with van der Waals surface area (Å²) in [4.78, 5) is 27.7. The summed E-state index contributed by atoms with van der Waals surface area (Å²) >= 11 is 0. The van der Waals surface area contributed by atoms with Gasteiger partial charge in [0.2, 0.25) is 0 Å². The van der Waals surface area contributed by atoms with Crippen molar-refractivity contribution in [2.24, 2.45) is 29.6 Å². The van der Waals surface area contributed by atoms with Crippen LogP contribution in [-0.4, -0.2) is 27.9 Å². The normalized spacial score (nSPS) is 43.1.